The van der Waals surface area contributed by atoms with E-state index in [-0.39, 0.29) is 6.04 Å². The van der Waals surface area contributed by atoms with E-state index in [9.17, 15) is 0 Å². The van der Waals surface area contributed by atoms with Gasteiger partial charge in [-0.3, -0.25) is 4.98 Å². The summed E-state index contributed by atoms with van der Waals surface area (Å²) >= 11 is 3.41. The second-order valence-electron chi connectivity index (χ2n) is 4.74. The molecule has 1 N–H and O–H groups in total. The molecule has 0 aliphatic carbocycles. The van der Waals surface area contributed by atoms with E-state index in [0.29, 0.717) is 0 Å². The smallest absolute Gasteiger partial charge is 0.122 e. The number of aromatic nitrogens is 1. The van der Waals surface area contributed by atoms with Crippen molar-refractivity contribution in [2.24, 2.45) is 0 Å². The summed E-state index contributed by atoms with van der Waals surface area (Å²) in [6.45, 7) is 2.05. The van der Waals surface area contributed by atoms with Crippen molar-refractivity contribution in [1.29, 1.82) is 0 Å². The van der Waals surface area contributed by atoms with Crippen molar-refractivity contribution in [3.63, 3.8) is 0 Å². The molecule has 2 aromatic rings. The van der Waals surface area contributed by atoms with Crippen LogP contribution in [0.15, 0.2) is 41.0 Å². The van der Waals surface area contributed by atoms with Crippen molar-refractivity contribution in [3.05, 3.63) is 57.8 Å². The largest absolute Gasteiger partial charge is 0.496 e. The van der Waals surface area contributed by atoms with E-state index in [1.165, 1.54) is 5.56 Å². The predicted molar refractivity (Wildman–Crippen MR) is 85.2 cm³/mol. The van der Waals surface area contributed by atoms with Crippen LogP contribution in [0.25, 0.3) is 0 Å². The SMILES string of the molecule is CNC(Cc1ccc(Br)cn1)c1ccc(C)c(OC)c1. The number of hydrogen-bond donors (Lipinski definition) is 1. The van der Waals surface area contributed by atoms with E-state index < -0.39 is 0 Å². The van der Waals surface area contributed by atoms with Crippen molar-refractivity contribution >= 4 is 15.9 Å². The Labute approximate surface area is 128 Å². The minimum absolute atomic E-state index is 0.221. The second kappa shape index (κ2) is 6.86. The summed E-state index contributed by atoms with van der Waals surface area (Å²) in [7, 11) is 3.67. The molecule has 2 rings (SSSR count). The third kappa shape index (κ3) is 3.58. The van der Waals surface area contributed by atoms with Gasteiger partial charge in [0.25, 0.3) is 0 Å². The van der Waals surface area contributed by atoms with E-state index in [1.54, 1.807) is 7.11 Å². The van der Waals surface area contributed by atoms with Gasteiger partial charge in [-0.25, -0.2) is 0 Å². The van der Waals surface area contributed by atoms with Crippen molar-refractivity contribution in [2.45, 2.75) is 19.4 Å². The molecule has 0 aliphatic rings. The van der Waals surface area contributed by atoms with Crippen LogP contribution in [0, 0.1) is 6.92 Å². The fraction of sp³-hybridized carbons (Fsp3) is 0.312. The number of likely N-dealkylation sites (N-methyl/N-ethyl adjacent to an activating group) is 1. The third-order valence-corrected chi connectivity index (χ3v) is 3.85. The van der Waals surface area contributed by atoms with E-state index in [0.717, 1.165) is 27.9 Å². The van der Waals surface area contributed by atoms with Gasteiger partial charge in [-0.05, 0) is 59.2 Å². The van der Waals surface area contributed by atoms with Gasteiger partial charge in [-0.2, -0.15) is 0 Å². The zero-order valence-electron chi connectivity index (χ0n) is 12.0. The molecule has 20 heavy (non-hydrogen) atoms. The highest BCUT2D eigenvalue weighted by atomic mass is 79.9. The highest BCUT2D eigenvalue weighted by Gasteiger charge is 2.12. The maximum absolute atomic E-state index is 5.40. The minimum atomic E-state index is 0.221. The van der Waals surface area contributed by atoms with Crippen LogP contribution >= 0.6 is 15.9 Å². The topological polar surface area (TPSA) is 34.2 Å². The lowest BCUT2D eigenvalue weighted by atomic mass is 10.00. The molecule has 0 bridgehead atoms. The highest BCUT2D eigenvalue weighted by molar-refractivity contribution is 9.10. The lowest BCUT2D eigenvalue weighted by Gasteiger charge is -2.18. The zero-order valence-corrected chi connectivity index (χ0v) is 13.6. The van der Waals surface area contributed by atoms with Gasteiger partial charge in [0.2, 0.25) is 0 Å². The normalized spacial score (nSPS) is 12.2. The molecule has 1 unspecified atom stereocenters. The molecule has 0 fully saturated rings. The van der Waals surface area contributed by atoms with Crippen LogP contribution in [0.2, 0.25) is 0 Å². The Morgan fingerprint density at radius 2 is 2.10 bits per heavy atom. The summed E-state index contributed by atoms with van der Waals surface area (Å²) < 4.78 is 6.40. The Kier molecular flexibility index (Phi) is 5.15. The van der Waals surface area contributed by atoms with E-state index >= 15 is 0 Å². The first-order valence-corrected chi connectivity index (χ1v) is 7.35. The Hall–Kier alpha value is -1.39. The van der Waals surface area contributed by atoms with Crippen molar-refractivity contribution in [2.75, 3.05) is 14.2 Å². The molecule has 1 aromatic carbocycles. The van der Waals surface area contributed by atoms with Gasteiger partial charge in [-0.15, -0.1) is 0 Å². The molecule has 3 nitrogen and oxygen atoms in total. The Morgan fingerprint density at radius 3 is 2.70 bits per heavy atom. The molecular weight excluding hydrogens is 316 g/mol. The van der Waals surface area contributed by atoms with E-state index in [4.69, 9.17) is 4.74 Å². The number of rotatable bonds is 5. The first-order chi connectivity index (χ1) is 9.63. The van der Waals surface area contributed by atoms with Gasteiger partial charge in [-0.1, -0.05) is 12.1 Å². The summed E-state index contributed by atoms with van der Waals surface area (Å²) in [5.74, 6) is 0.923. The number of pyridine rings is 1. The third-order valence-electron chi connectivity index (χ3n) is 3.38. The Morgan fingerprint density at radius 1 is 1.30 bits per heavy atom. The number of benzene rings is 1. The number of methoxy groups -OCH3 is 1. The van der Waals surface area contributed by atoms with Gasteiger partial charge in [0.15, 0.2) is 0 Å². The number of ether oxygens (including phenoxy) is 1. The van der Waals surface area contributed by atoms with Crippen molar-refractivity contribution < 1.29 is 4.74 Å². The zero-order chi connectivity index (χ0) is 14.5. The van der Waals surface area contributed by atoms with Crippen molar-refractivity contribution in [1.82, 2.24) is 10.3 Å². The highest BCUT2D eigenvalue weighted by Crippen LogP contribution is 2.25. The molecule has 0 radical (unpaired) electrons. The summed E-state index contributed by atoms with van der Waals surface area (Å²) in [5.41, 5.74) is 3.42. The molecule has 1 heterocycles. The quantitative estimate of drug-likeness (QED) is 0.905. The van der Waals surface area contributed by atoms with Gasteiger partial charge >= 0.3 is 0 Å². The molecule has 4 heteroatoms. The lowest BCUT2D eigenvalue weighted by molar-refractivity contribution is 0.410. The monoisotopic (exact) mass is 334 g/mol. The average Bonchev–Trinajstić information content (AvgIpc) is 2.47. The predicted octanol–water partition coefficient (Wildman–Crippen LogP) is 3.66. The van der Waals surface area contributed by atoms with Crippen LogP contribution in [0.4, 0.5) is 0 Å². The number of hydrogen-bond acceptors (Lipinski definition) is 3. The van der Waals surface area contributed by atoms with Crippen LogP contribution in [-0.4, -0.2) is 19.1 Å². The first kappa shape index (κ1) is 15.0. The van der Waals surface area contributed by atoms with E-state index in [1.807, 2.05) is 32.3 Å². The Bertz CT molecular complexity index is 569. The summed E-state index contributed by atoms with van der Waals surface area (Å²) in [6.07, 6.45) is 2.67. The number of aryl methyl sites for hydroxylation is 1. The second-order valence-corrected chi connectivity index (χ2v) is 5.66. The number of nitrogens with zero attached hydrogens (tertiary/aromatic N) is 1. The van der Waals surface area contributed by atoms with Gasteiger partial charge in [0.1, 0.15) is 5.75 Å². The van der Waals surface area contributed by atoms with Crippen LogP contribution in [0.5, 0.6) is 5.75 Å². The van der Waals surface area contributed by atoms with Gasteiger partial charge in [0, 0.05) is 28.8 Å². The average molecular weight is 335 g/mol. The number of halogens is 1. The molecule has 0 aliphatic heterocycles. The number of nitrogens with one attached hydrogen (secondary N) is 1. The molecule has 106 valence electrons. The standard InChI is InChI=1S/C16H19BrN2O/c1-11-4-5-12(8-16(11)20-3)15(18-2)9-14-7-6-13(17)10-19-14/h4-8,10,15,18H,9H2,1-3H3. The summed E-state index contributed by atoms with van der Waals surface area (Å²) in [5, 5.41) is 3.34. The van der Waals surface area contributed by atoms with E-state index in [2.05, 4.69) is 44.4 Å². The van der Waals surface area contributed by atoms with Crippen LogP contribution in [0.1, 0.15) is 22.9 Å². The van der Waals surface area contributed by atoms with Gasteiger partial charge < -0.3 is 10.1 Å². The molecule has 0 saturated carbocycles. The molecule has 0 amide bonds. The van der Waals surface area contributed by atoms with Gasteiger partial charge in [0.05, 0.1) is 7.11 Å². The molecule has 1 aromatic heterocycles. The minimum Gasteiger partial charge on any atom is -0.496 e. The maximum atomic E-state index is 5.40. The fourth-order valence-corrected chi connectivity index (χ4v) is 2.41. The molecule has 0 spiro atoms. The maximum Gasteiger partial charge on any atom is 0.122 e. The Balaban J connectivity index is 2.21. The first-order valence-electron chi connectivity index (χ1n) is 6.56. The molecule has 1 atom stereocenters. The fourth-order valence-electron chi connectivity index (χ4n) is 2.18. The summed E-state index contributed by atoms with van der Waals surface area (Å²) in [6, 6.07) is 10.6. The van der Waals surface area contributed by atoms with Crippen molar-refractivity contribution in [3.8, 4) is 5.75 Å². The van der Waals surface area contributed by atoms with Crippen LogP contribution < -0.4 is 10.1 Å². The summed E-state index contributed by atoms with van der Waals surface area (Å²) in [4.78, 5) is 4.43. The molecule has 0 saturated heterocycles. The lowest BCUT2D eigenvalue weighted by Crippen LogP contribution is -2.19. The molecular formula is C16H19BrN2O. The van der Waals surface area contributed by atoms with Crippen LogP contribution in [-0.2, 0) is 6.42 Å². The van der Waals surface area contributed by atoms with Crippen LogP contribution in [0.3, 0.4) is 0 Å².